The summed E-state index contributed by atoms with van der Waals surface area (Å²) in [6.45, 7) is 0.533. The normalized spacial score (nSPS) is 35.6. The lowest BCUT2D eigenvalue weighted by atomic mass is 9.87. The van der Waals surface area contributed by atoms with E-state index in [0.29, 0.717) is 12.5 Å². The Morgan fingerprint density at radius 1 is 1.47 bits per heavy atom. The van der Waals surface area contributed by atoms with Crippen molar-refractivity contribution in [1.29, 1.82) is 0 Å². The van der Waals surface area contributed by atoms with Crippen LogP contribution in [0.25, 0.3) is 0 Å². The zero-order valence-electron chi connectivity index (χ0n) is 9.38. The fourth-order valence-electron chi connectivity index (χ4n) is 2.73. The third-order valence-electron chi connectivity index (χ3n) is 3.56. The van der Waals surface area contributed by atoms with E-state index in [4.69, 9.17) is 16.3 Å². The van der Waals surface area contributed by atoms with E-state index in [1.807, 2.05) is 12.3 Å². The third-order valence-corrected chi connectivity index (χ3v) is 3.81. The van der Waals surface area contributed by atoms with E-state index in [1.54, 1.807) is 0 Å². The van der Waals surface area contributed by atoms with Gasteiger partial charge in [0.05, 0.1) is 12.6 Å². The number of carbonyl (C=O) groups excluding carboxylic acids is 1. The highest BCUT2D eigenvalue weighted by Gasteiger charge is 2.37. The number of hydrogen-bond acceptors (Lipinski definition) is 3. The van der Waals surface area contributed by atoms with Gasteiger partial charge in [-0.05, 0) is 18.7 Å². The Morgan fingerprint density at radius 2 is 2.35 bits per heavy atom. The van der Waals surface area contributed by atoms with Crippen molar-refractivity contribution >= 4 is 17.6 Å². The first-order valence-corrected chi connectivity index (χ1v) is 6.30. The standard InChI is InChI=1S/C13H14ClNO2/c14-10-3-4-11-9(8-10)2-1-6-15(11)12-5-7-17-13(12)16/h1,3-4,6,8-9,11-12H,2,5,7H2. The van der Waals surface area contributed by atoms with E-state index in [2.05, 4.69) is 23.1 Å². The average molecular weight is 252 g/mol. The number of nitrogens with zero attached hydrogens (tertiary/aromatic N) is 1. The molecule has 0 spiro atoms. The van der Waals surface area contributed by atoms with Gasteiger partial charge in [0.15, 0.2) is 0 Å². The van der Waals surface area contributed by atoms with Crippen molar-refractivity contribution < 1.29 is 9.53 Å². The van der Waals surface area contributed by atoms with E-state index in [-0.39, 0.29) is 18.1 Å². The third kappa shape index (κ3) is 1.89. The number of esters is 1. The van der Waals surface area contributed by atoms with Gasteiger partial charge in [-0.3, -0.25) is 0 Å². The molecule has 0 N–H and O–H groups in total. The number of halogens is 1. The minimum Gasteiger partial charge on any atom is -0.464 e. The molecule has 1 saturated heterocycles. The van der Waals surface area contributed by atoms with Crippen LogP contribution in [-0.4, -0.2) is 29.6 Å². The molecule has 0 aromatic carbocycles. The molecule has 3 unspecified atom stereocenters. The summed E-state index contributed by atoms with van der Waals surface area (Å²) in [4.78, 5) is 13.8. The van der Waals surface area contributed by atoms with Gasteiger partial charge < -0.3 is 9.64 Å². The molecule has 0 amide bonds. The van der Waals surface area contributed by atoms with Crippen LogP contribution in [0.3, 0.4) is 0 Å². The van der Waals surface area contributed by atoms with Gasteiger partial charge in [-0.2, -0.15) is 0 Å². The maximum Gasteiger partial charge on any atom is 0.328 e. The van der Waals surface area contributed by atoms with Crippen molar-refractivity contribution in [2.75, 3.05) is 6.61 Å². The molecule has 0 radical (unpaired) electrons. The maximum atomic E-state index is 11.6. The summed E-state index contributed by atoms with van der Waals surface area (Å²) in [5, 5.41) is 0.787. The monoisotopic (exact) mass is 251 g/mol. The summed E-state index contributed by atoms with van der Waals surface area (Å²) >= 11 is 6.01. The van der Waals surface area contributed by atoms with E-state index in [1.165, 1.54) is 0 Å². The molecule has 90 valence electrons. The number of allylic oxidation sites excluding steroid dienone is 3. The number of hydrogen-bond donors (Lipinski definition) is 0. The molecular formula is C13H14ClNO2. The summed E-state index contributed by atoms with van der Waals surface area (Å²) in [5.74, 6) is 0.259. The summed E-state index contributed by atoms with van der Waals surface area (Å²) in [6.07, 6.45) is 11.9. The highest BCUT2D eigenvalue weighted by Crippen LogP contribution is 2.33. The fraction of sp³-hybridized carbons (Fsp3) is 0.462. The van der Waals surface area contributed by atoms with Gasteiger partial charge in [0.25, 0.3) is 0 Å². The molecule has 0 aromatic heterocycles. The van der Waals surface area contributed by atoms with E-state index in [0.717, 1.165) is 17.9 Å². The minimum atomic E-state index is -0.131. The van der Waals surface area contributed by atoms with Crippen molar-refractivity contribution in [2.45, 2.75) is 24.9 Å². The van der Waals surface area contributed by atoms with Crippen molar-refractivity contribution in [3.63, 3.8) is 0 Å². The van der Waals surface area contributed by atoms with Crippen LogP contribution >= 0.6 is 11.6 Å². The van der Waals surface area contributed by atoms with Crippen LogP contribution in [0.1, 0.15) is 12.8 Å². The zero-order valence-corrected chi connectivity index (χ0v) is 10.1. The summed E-state index contributed by atoms with van der Waals surface area (Å²) in [7, 11) is 0. The molecule has 3 atom stereocenters. The van der Waals surface area contributed by atoms with Gasteiger partial charge in [0.1, 0.15) is 6.04 Å². The Labute approximate surface area is 105 Å². The zero-order chi connectivity index (χ0) is 11.8. The number of cyclic esters (lactones) is 1. The molecule has 3 rings (SSSR count). The van der Waals surface area contributed by atoms with Crippen LogP contribution < -0.4 is 0 Å². The Balaban J connectivity index is 1.86. The molecule has 1 aliphatic carbocycles. The van der Waals surface area contributed by atoms with Gasteiger partial charge in [-0.15, -0.1) is 0 Å². The predicted octanol–water partition coefficient (Wildman–Crippen LogP) is 2.20. The smallest absolute Gasteiger partial charge is 0.328 e. The molecule has 0 aromatic rings. The lowest BCUT2D eigenvalue weighted by Gasteiger charge is -2.39. The SMILES string of the molecule is O=C1OCCC1N1C=CCC2C=C(Cl)C=CC21. The maximum absolute atomic E-state index is 11.6. The first-order valence-electron chi connectivity index (χ1n) is 5.92. The fourth-order valence-corrected chi connectivity index (χ4v) is 2.96. The van der Waals surface area contributed by atoms with Gasteiger partial charge >= 0.3 is 5.97 Å². The van der Waals surface area contributed by atoms with Gasteiger partial charge in [0.2, 0.25) is 0 Å². The van der Waals surface area contributed by atoms with Gasteiger partial charge in [-0.1, -0.05) is 29.8 Å². The minimum absolute atomic E-state index is 0.107. The molecular weight excluding hydrogens is 238 g/mol. The second-order valence-corrected chi connectivity index (χ2v) is 5.04. The van der Waals surface area contributed by atoms with E-state index < -0.39 is 0 Å². The Morgan fingerprint density at radius 3 is 3.12 bits per heavy atom. The molecule has 3 nitrogen and oxygen atoms in total. The van der Waals surface area contributed by atoms with E-state index >= 15 is 0 Å². The molecule has 1 fully saturated rings. The van der Waals surface area contributed by atoms with Crippen LogP contribution in [0.5, 0.6) is 0 Å². The van der Waals surface area contributed by atoms with Crippen LogP contribution in [0.15, 0.2) is 35.5 Å². The highest BCUT2D eigenvalue weighted by atomic mass is 35.5. The lowest BCUT2D eigenvalue weighted by molar-refractivity contribution is -0.142. The summed E-state index contributed by atoms with van der Waals surface area (Å²) in [5.41, 5.74) is 0. The first-order chi connectivity index (χ1) is 8.25. The lowest BCUT2D eigenvalue weighted by Crippen LogP contribution is -2.46. The second kappa shape index (κ2) is 4.22. The number of rotatable bonds is 1. The van der Waals surface area contributed by atoms with Crippen molar-refractivity contribution in [2.24, 2.45) is 5.92 Å². The van der Waals surface area contributed by atoms with Crippen LogP contribution in [0.2, 0.25) is 0 Å². The molecule has 17 heavy (non-hydrogen) atoms. The largest absolute Gasteiger partial charge is 0.464 e. The average Bonchev–Trinajstić information content (AvgIpc) is 2.74. The number of ether oxygens (including phenoxy) is 1. The van der Waals surface area contributed by atoms with Gasteiger partial charge in [0, 0.05) is 17.4 Å². The number of fused-ring (bicyclic) bond motifs is 1. The van der Waals surface area contributed by atoms with Crippen molar-refractivity contribution in [1.82, 2.24) is 4.90 Å². The quantitative estimate of drug-likeness (QED) is 0.669. The Hall–Kier alpha value is -1.22. The number of carbonyl (C=O) groups is 1. The van der Waals surface area contributed by atoms with Crippen molar-refractivity contribution in [3.8, 4) is 0 Å². The van der Waals surface area contributed by atoms with Crippen LogP contribution in [0, 0.1) is 5.92 Å². The molecule has 0 saturated carbocycles. The summed E-state index contributed by atoms with van der Waals surface area (Å²) < 4.78 is 5.04. The second-order valence-electron chi connectivity index (χ2n) is 4.60. The first kappa shape index (κ1) is 10.9. The molecule has 2 aliphatic heterocycles. The van der Waals surface area contributed by atoms with Gasteiger partial charge in [-0.25, -0.2) is 4.79 Å². The molecule has 3 aliphatic rings. The predicted molar refractivity (Wildman–Crippen MR) is 65.3 cm³/mol. The van der Waals surface area contributed by atoms with Crippen molar-refractivity contribution in [3.05, 3.63) is 35.5 Å². The molecule has 4 heteroatoms. The topological polar surface area (TPSA) is 29.5 Å². The van der Waals surface area contributed by atoms with E-state index in [9.17, 15) is 4.79 Å². The summed E-state index contributed by atoms with van der Waals surface area (Å²) in [6, 6.07) is 0.104. The van der Waals surface area contributed by atoms with Crippen LogP contribution in [-0.2, 0) is 9.53 Å². The Kier molecular flexibility index (Phi) is 2.71. The Bertz CT molecular complexity index is 427. The molecule has 0 bridgehead atoms. The highest BCUT2D eigenvalue weighted by molar-refractivity contribution is 6.31. The van der Waals surface area contributed by atoms with Crippen LogP contribution in [0.4, 0.5) is 0 Å². The molecule has 2 heterocycles.